The van der Waals surface area contributed by atoms with Gasteiger partial charge in [0.05, 0.1) is 24.7 Å². The first-order chi connectivity index (χ1) is 11.1. The zero-order valence-electron chi connectivity index (χ0n) is 13.1. The molecule has 6 nitrogen and oxygen atoms in total. The van der Waals surface area contributed by atoms with E-state index in [2.05, 4.69) is 21.6 Å². The molecule has 0 spiro atoms. The molecule has 1 aromatic heterocycles. The molecule has 1 atom stereocenters. The van der Waals surface area contributed by atoms with Crippen molar-refractivity contribution in [3.63, 3.8) is 0 Å². The molecular weight excluding hydrogens is 292 g/mol. The fourth-order valence-corrected chi connectivity index (χ4v) is 3.07. The van der Waals surface area contributed by atoms with Gasteiger partial charge in [0.25, 0.3) is 0 Å². The molecule has 0 saturated carbocycles. The SMILES string of the molecule is CC(=O)N1CCc2ccccc2[C@H]1CC(=O)NCc1ccn[nH]1. The number of hydrogen-bond acceptors (Lipinski definition) is 3. The van der Waals surface area contributed by atoms with Crippen LogP contribution in [0.2, 0.25) is 0 Å². The molecule has 2 heterocycles. The maximum atomic E-state index is 12.3. The highest BCUT2D eigenvalue weighted by Crippen LogP contribution is 2.32. The first-order valence-corrected chi connectivity index (χ1v) is 7.75. The lowest BCUT2D eigenvalue weighted by atomic mass is 9.90. The Labute approximate surface area is 134 Å². The van der Waals surface area contributed by atoms with Crippen molar-refractivity contribution in [2.75, 3.05) is 6.54 Å². The molecule has 2 amide bonds. The van der Waals surface area contributed by atoms with E-state index in [4.69, 9.17) is 0 Å². The maximum Gasteiger partial charge on any atom is 0.222 e. The molecule has 1 aliphatic heterocycles. The van der Waals surface area contributed by atoms with Crippen molar-refractivity contribution >= 4 is 11.8 Å². The quantitative estimate of drug-likeness (QED) is 0.899. The van der Waals surface area contributed by atoms with Gasteiger partial charge in [0.1, 0.15) is 0 Å². The molecule has 1 aliphatic rings. The molecule has 2 aromatic rings. The van der Waals surface area contributed by atoms with Gasteiger partial charge in [0, 0.05) is 19.7 Å². The van der Waals surface area contributed by atoms with Crippen LogP contribution in [0, 0.1) is 0 Å². The van der Waals surface area contributed by atoms with Crippen LogP contribution in [0.5, 0.6) is 0 Å². The predicted octanol–water partition coefficient (Wildman–Crippen LogP) is 1.56. The average Bonchev–Trinajstić information content (AvgIpc) is 3.06. The molecule has 0 fully saturated rings. The summed E-state index contributed by atoms with van der Waals surface area (Å²) in [6.45, 7) is 2.63. The molecule has 2 N–H and O–H groups in total. The third kappa shape index (κ3) is 3.41. The van der Waals surface area contributed by atoms with Gasteiger partial charge in [-0.3, -0.25) is 14.7 Å². The summed E-state index contributed by atoms with van der Waals surface area (Å²) in [5.74, 6) is -0.0709. The van der Waals surface area contributed by atoms with Crippen molar-refractivity contribution < 1.29 is 9.59 Å². The molecule has 0 aliphatic carbocycles. The molecule has 23 heavy (non-hydrogen) atoms. The summed E-state index contributed by atoms with van der Waals surface area (Å²) in [7, 11) is 0. The molecule has 1 aromatic carbocycles. The zero-order chi connectivity index (χ0) is 16.2. The summed E-state index contributed by atoms with van der Waals surface area (Å²) >= 11 is 0. The number of rotatable bonds is 4. The summed E-state index contributed by atoms with van der Waals surface area (Å²) in [5, 5.41) is 9.54. The van der Waals surface area contributed by atoms with Crippen LogP contribution >= 0.6 is 0 Å². The maximum absolute atomic E-state index is 12.3. The molecular formula is C17H20N4O2. The van der Waals surface area contributed by atoms with Crippen LogP contribution in [0.3, 0.4) is 0 Å². The third-order valence-electron chi connectivity index (χ3n) is 4.23. The van der Waals surface area contributed by atoms with Crippen molar-refractivity contribution in [2.45, 2.75) is 32.4 Å². The van der Waals surface area contributed by atoms with Gasteiger partial charge in [-0.1, -0.05) is 24.3 Å². The minimum atomic E-state index is -0.195. The summed E-state index contributed by atoms with van der Waals surface area (Å²) in [6, 6.07) is 9.66. The number of H-pyrrole nitrogens is 1. The van der Waals surface area contributed by atoms with E-state index in [1.54, 1.807) is 18.0 Å². The van der Waals surface area contributed by atoms with Crippen molar-refractivity contribution in [3.05, 3.63) is 53.3 Å². The Hall–Kier alpha value is -2.63. The Balaban J connectivity index is 1.72. The Morgan fingerprint density at radius 3 is 2.91 bits per heavy atom. The molecule has 6 heteroatoms. The van der Waals surface area contributed by atoms with E-state index >= 15 is 0 Å². The normalized spacial score (nSPS) is 16.7. The van der Waals surface area contributed by atoms with Crippen LogP contribution < -0.4 is 5.32 Å². The third-order valence-corrected chi connectivity index (χ3v) is 4.23. The number of carbonyl (C=O) groups excluding carboxylic acids is 2. The van der Waals surface area contributed by atoms with Gasteiger partial charge in [0.2, 0.25) is 11.8 Å². The van der Waals surface area contributed by atoms with Gasteiger partial charge in [-0.15, -0.1) is 0 Å². The van der Waals surface area contributed by atoms with Gasteiger partial charge in [-0.05, 0) is 23.6 Å². The molecule has 0 saturated heterocycles. The van der Waals surface area contributed by atoms with Gasteiger partial charge in [0.15, 0.2) is 0 Å². The number of aromatic nitrogens is 2. The summed E-state index contributed by atoms with van der Waals surface area (Å²) in [6.07, 6.45) is 2.75. The van der Waals surface area contributed by atoms with E-state index < -0.39 is 0 Å². The standard InChI is InChI=1S/C17H20N4O2/c1-12(22)21-9-7-13-4-2-3-5-15(13)16(21)10-17(23)18-11-14-6-8-19-20-14/h2-6,8,16H,7,9-11H2,1H3,(H,18,23)(H,19,20)/t16-/m1/s1. The van der Waals surface area contributed by atoms with Crippen LogP contribution in [-0.4, -0.2) is 33.5 Å². The summed E-state index contributed by atoms with van der Waals surface area (Å²) < 4.78 is 0. The highest BCUT2D eigenvalue weighted by atomic mass is 16.2. The van der Waals surface area contributed by atoms with Crippen molar-refractivity contribution in [3.8, 4) is 0 Å². The lowest BCUT2D eigenvalue weighted by Gasteiger charge is -2.36. The Morgan fingerprint density at radius 2 is 2.17 bits per heavy atom. The largest absolute Gasteiger partial charge is 0.350 e. The molecule has 120 valence electrons. The highest BCUT2D eigenvalue weighted by Gasteiger charge is 2.30. The fraction of sp³-hybridized carbons (Fsp3) is 0.353. The number of aromatic amines is 1. The van der Waals surface area contributed by atoms with E-state index in [0.717, 1.165) is 17.7 Å². The number of amides is 2. The second kappa shape index (κ2) is 6.64. The van der Waals surface area contributed by atoms with Crippen LogP contribution in [0.15, 0.2) is 36.5 Å². The lowest BCUT2D eigenvalue weighted by Crippen LogP contribution is -2.41. The number of nitrogens with zero attached hydrogens (tertiary/aromatic N) is 2. The fourth-order valence-electron chi connectivity index (χ4n) is 3.07. The second-order valence-corrected chi connectivity index (χ2v) is 5.74. The smallest absolute Gasteiger partial charge is 0.222 e. The van der Waals surface area contributed by atoms with Crippen molar-refractivity contribution in [1.82, 2.24) is 20.4 Å². The Bertz CT molecular complexity index is 696. The van der Waals surface area contributed by atoms with E-state index in [1.807, 2.05) is 24.3 Å². The topological polar surface area (TPSA) is 78.1 Å². The van der Waals surface area contributed by atoms with Gasteiger partial charge < -0.3 is 10.2 Å². The molecule has 0 bridgehead atoms. The van der Waals surface area contributed by atoms with Crippen LogP contribution in [-0.2, 0) is 22.6 Å². The molecule has 3 rings (SSSR count). The van der Waals surface area contributed by atoms with Crippen molar-refractivity contribution in [1.29, 1.82) is 0 Å². The van der Waals surface area contributed by atoms with Gasteiger partial charge in [-0.2, -0.15) is 5.10 Å². The predicted molar refractivity (Wildman–Crippen MR) is 85.3 cm³/mol. The summed E-state index contributed by atoms with van der Waals surface area (Å²) in [5.41, 5.74) is 3.15. The Kier molecular flexibility index (Phi) is 4.41. The van der Waals surface area contributed by atoms with E-state index in [1.165, 1.54) is 5.56 Å². The molecule has 0 unspecified atom stereocenters. The number of hydrogen-bond donors (Lipinski definition) is 2. The van der Waals surface area contributed by atoms with Crippen LogP contribution in [0.4, 0.5) is 0 Å². The highest BCUT2D eigenvalue weighted by molar-refractivity contribution is 5.79. The van der Waals surface area contributed by atoms with Crippen LogP contribution in [0.1, 0.15) is 36.2 Å². The minimum Gasteiger partial charge on any atom is -0.350 e. The summed E-state index contributed by atoms with van der Waals surface area (Å²) in [4.78, 5) is 26.0. The minimum absolute atomic E-state index is 0.00544. The monoisotopic (exact) mass is 312 g/mol. The number of fused-ring (bicyclic) bond motifs is 1. The number of benzene rings is 1. The first kappa shape index (κ1) is 15.3. The Morgan fingerprint density at radius 1 is 1.35 bits per heavy atom. The molecule has 0 radical (unpaired) electrons. The van der Waals surface area contributed by atoms with E-state index in [-0.39, 0.29) is 24.3 Å². The lowest BCUT2D eigenvalue weighted by molar-refractivity contribution is -0.133. The van der Waals surface area contributed by atoms with Crippen molar-refractivity contribution in [2.24, 2.45) is 0 Å². The number of carbonyl (C=O) groups is 2. The van der Waals surface area contributed by atoms with Gasteiger partial charge in [-0.25, -0.2) is 0 Å². The average molecular weight is 312 g/mol. The van der Waals surface area contributed by atoms with Gasteiger partial charge >= 0.3 is 0 Å². The zero-order valence-corrected chi connectivity index (χ0v) is 13.1. The second-order valence-electron chi connectivity index (χ2n) is 5.74. The first-order valence-electron chi connectivity index (χ1n) is 7.75. The van der Waals surface area contributed by atoms with E-state index in [0.29, 0.717) is 13.1 Å². The number of nitrogens with one attached hydrogen (secondary N) is 2. The van der Waals surface area contributed by atoms with E-state index in [9.17, 15) is 9.59 Å². The van der Waals surface area contributed by atoms with Crippen LogP contribution in [0.25, 0.3) is 0 Å².